The van der Waals surface area contributed by atoms with E-state index in [1.807, 2.05) is 20.8 Å². The van der Waals surface area contributed by atoms with Crippen molar-refractivity contribution in [3.63, 3.8) is 0 Å². The minimum atomic E-state index is -0.687. The number of hydrogen-bond acceptors (Lipinski definition) is 5. The van der Waals surface area contributed by atoms with Gasteiger partial charge < -0.3 is 10.1 Å². The standard InChI is InChI=1S/C18H22N2O5/c1-11(2)12(3)19-15(21)10-25-18(24)13-5-4-6-14(9-13)20-16(22)7-8-17(20)23/h4-6,9,11-12H,7-8,10H2,1-3H3,(H,19,21)/t12-/m1/s1. The third-order valence-corrected chi connectivity index (χ3v) is 4.11. The molecule has 0 bridgehead atoms. The summed E-state index contributed by atoms with van der Waals surface area (Å²) in [7, 11) is 0. The molecule has 25 heavy (non-hydrogen) atoms. The van der Waals surface area contributed by atoms with Gasteiger partial charge in [0.25, 0.3) is 5.91 Å². The van der Waals surface area contributed by atoms with E-state index in [-0.39, 0.29) is 54.7 Å². The number of hydrogen-bond donors (Lipinski definition) is 1. The van der Waals surface area contributed by atoms with E-state index in [9.17, 15) is 19.2 Å². The van der Waals surface area contributed by atoms with Crippen LogP contribution in [0.3, 0.4) is 0 Å². The SMILES string of the molecule is CC(C)[C@@H](C)NC(=O)COC(=O)c1cccc(N2C(=O)CCC2=O)c1. The Labute approximate surface area is 146 Å². The molecular formula is C18H22N2O5. The minimum absolute atomic E-state index is 0.0262. The summed E-state index contributed by atoms with van der Waals surface area (Å²) < 4.78 is 5.00. The molecule has 1 atom stereocenters. The first-order chi connectivity index (χ1) is 11.8. The maximum absolute atomic E-state index is 12.1. The Balaban J connectivity index is 1.98. The van der Waals surface area contributed by atoms with Crippen LogP contribution in [0.4, 0.5) is 5.69 Å². The quantitative estimate of drug-likeness (QED) is 0.625. The normalized spacial score (nSPS) is 15.4. The molecule has 7 nitrogen and oxygen atoms in total. The zero-order valence-corrected chi connectivity index (χ0v) is 14.6. The summed E-state index contributed by atoms with van der Waals surface area (Å²) in [6.07, 6.45) is 0.337. The van der Waals surface area contributed by atoms with Crippen LogP contribution >= 0.6 is 0 Å². The van der Waals surface area contributed by atoms with Crippen molar-refractivity contribution in [3.8, 4) is 0 Å². The topological polar surface area (TPSA) is 92.8 Å². The number of nitrogens with zero attached hydrogens (tertiary/aromatic N) is 1. The Morgan fingerprint density at radius 3 is 2.40 bits per heavy atom. The lowest BCUT2D eigenvalue weighted by Crippen LogP contribution is -2.38. The second kappa shape index (κ2) is 7.92. The molecule has 3 amide bonds. The van der Waals surface area contributed by atoms with Crippen molar-refractivity contribution in [1.29, 1.82) is 0 Å². The lowest BCUT2D eigenvalue weighted by atomic mass is 10.1. The van der Waals surface area contributed by atoms with E-state index in [4.69, 9.17) is 4.74 Å². The largest absolute Gasteiger partial charge is 0.452 e. The van der Waals surface area contributed by atoms with Crippen LogP contribution in [-0.2, 0) is 19.1 Å². The number of carbonyl (C=O) groups is 4. The third-order valence-electron chi connectivity index (χ3n) is 4.11. The highest BCUT2D eigenvalue weighted by Crippen LogP contribution is 2.23. The maximum Gasteiger partial charge on any atom is 0.338 e. The van der Waals surface area contributed by atoms with E-state index in [0.29, 0.717) is 5.69 Å². The molecule has 1 aliphatic rings. The van der Waals surface area contributed by atoms with Gasteiger partial charge in [-0.3, -0.25) is 19.3 Å². The van der Waals surface area contributed by atoms with Crippen LogP contribution in [-0.4, -0.2) is 36.3 Å². The summed E-state index contributed by atoms with van der Waals surface area (Å²) in [5, 5.41) is 2.74. The van der Waals surface area contributed by atoms with Gasteiger partial charge in [-0.15, -0.1) is 0 Å². The van der Waals surface area contributed by atoms with Gasteiger partial charge in [-0.2, -0.15) is 0 Å². The lowest BCUT2D eigenvalue weighted by Gasteiger charge is -2.17. The van der Waals surface area contributed by atoms with Gasteiger partial charge in [-0.05, 0) is 31.0 Å². The smallest absolute Gasteiger partial charge is 0.338 e. The average molecular weight is 346 g/mol. The van der Waals surface area contributed by atoms with E-state index in [2.05, 4.69) is 5.32 Å². The van der Waals surface area contributed by atoms with Crippen LogP contribution in [0.25, 0.3) is 0 Å². The Morgan fingerprint density at radius 2 is 1.80 bits per heavy atom. The van der Waals surface area contributed by atoms with Crippen molar-refractivity contribution in [2.75, 3.05) is 11.5 Å². The number of imide groups is 1. The van der Waals surface area contributed by atoms with E-state index in [1.165, 1.54) is 12.1 Å². The Bertz CT molecular complexity index is 682. The fourth-order valence-corrected chi connectivity index (χ4v) is 2.31. The summed E-state index contributed by atoms with van der Waals surface area (Å²) in [5.74, 6) is -1.38. The number of carbonyl (C=O) groups excluding carboxylic acids is 4. The molecule has 0 saturated carbocycles. The van der Waals surface area contributed by atoms with Gasteiger partial charge in [0.2, 0.25) is 11.8 Å². The van der Waals surface area contributed by atoms with Gasteiger partial charge in [-0.1, -0.05) is 19.9 Å². The molecule has 0 aromatic heterocycles. The van der Waals surface area contributed by atoms with Gasteiger partial charge in [0.15, 0.2) is 6.61 Å². The van der Waals surface area contributed by atoms with Crippen molar-refractivity contribution in [3.05, 3.63) is 29.8 Å². The van der Waals surface area contributed by atoms with Crippen molar-refractivity contribution in [2.45, 2.75) is 39.7 Å². The molecule has 0 aliphatic carbocycles. The van der Waals surface area contributed by atoms with Gasteiger partial charge in [-0.25, -0.2) is 4.79 Å². The van der Waals surface area contributed by atoms with Crippen LogP contribution in [0, 0.1) is 5.92 Å². The zero-order chi connectivity index (χ0) is 18.6. The van der Waals surface area contributed by atoms with Crippen molar-refractivity contribution < 1.29 is 23.9 Å². The summed E-state index contributed by atoms with van der Waals surface area (Å²) in [4.78, 5) is 48.5. The van der Waals surface area contributed by atoms with Crippen LogP contribution in [0.15, 0.2) is 24.3 Å². The summed E-state index contributed by atoms with van der Waals surface area (Å²) in [6, 6.07) is 6.03. The Hall–Kier alpha value is -2.70. The molecule has 1 aliphatic heterocycles. The van der Waals surface area contributed by atoms with Crippen LogP contribution in [0.1, 0.15) is 44.0 Å². The number of nitrogens with one attached hydrogen (secondary N) is 1. The van der Waals surface area contributed by atoms with Crippen molar-refractivity contribution in [2.24, 2.45) is 5.92 Å². The van der Waals surface area contributed by atoms with E-state index in [0.717, 1.165) is 4.90 Å². The highest BCUT2D eigenvalue weighted by Gasteiger charge is 2.30. The molecule has 0 spiro atoms. The molecule has 1 saturated heterocycles. The van der Waals surface area contributed by atoms with Gasteiger partial charge in [0.1, 0.15) is 0 Å². The van der Waals surface area contributed by atoms with E-state index in [1.54, 1.807) is 12.1 Å². The monoisotopic (exact) mass is 346 g/mol. The second-order valence-electron chi connectivity index (χ2n) is 6.35. The Kier molecular flexibility index (Phi) is 5.90. The predicted molar refractivity (Wildman–Crippen MR) is 90.9 cm³/mol. The molecule has 1 aromatic carbocycles. The molecule has 1 heterocycles. The molecule has 1 N–H and O–H groups in total. The first kappa shape index (κ1) is 18.6. The maximum atomic E-state index is 12.1. The third kappa shape index (κ3) is 4.65. The van der Waals surface area contributed by atoms with Gasteiger partial charge >= 0.3 is 5.97 Å². The molecule has 2 rings (SSSR count). The first-order valence-electron chi connectivity index (χ1n) is 8.22. The lowest BCUT2D eigenvalue weighted by molar-refractivity contribution is -0.125. The zero-order valence-electron chi connectivity index (χ0n) is 14.6. The Morgan fingerprint density at radius 1 is 1.16 bits per heavy atom. The number of benzene rings is 1. The predicted octanol–water partition coefficient (Wildman–Crippen LogP) is 1.66. The molecule has 134 valence electrons. The molecule has 7 heteroatoms. The molecular weight excluding hydrogens is 324 g/mol. The average Bonchev–Trinajstić information content (AvgIpc) is 2.91. The number of ether oxygens (including phenoxy) is 1. The van der Waals surface area contributed by atoms with Crippen LogP contribution in [0.5, 0.6) is 0 Å². The van der Waals surface area contributed by atoms with Crippen LogP contribution in [0.2, 0.25) is 0 Å². The molecule has 1 fully saturated rings. The highest BCUT2D eigenvalue weighted by molar-refractivity contribution is 6.20. The molecule has 0 radical (unpaired) electrons. The first-order valence-corrected chi connectivity index (χ1v) is 8.22. The van der Waals surface area contributed by atoms with Crippen molar-refractivity contribution in [1.82, 2.24) is 5.32 Å². The van der Waals surface area contributed by atoms with Crippen LogP contribution < -0.4 is 10.2 Å². The highest BCUT2D eigenvalue weighted by atomic mass is 16.5. The number of esters is 1. The second-order valence-corrected chi connectivity index (χ2v) is 6.35. The van der Waals surface area contributed by atoms with E-state index < -0.39 is 5.97 Å². The van der Waals surface area contributed by atoms with Gasteiger partial charge in [0.05, 0.1) is 11.3 Å². The summed E-state index contributed by atoms with van der Waals surface area (Å²) in [5.41, 5.74) is 0.509. The van der Waals surface area contributed by atoms with Gasteiger partial charge in [0, 0.05) is 18.9 Å². The summed E-state index contributed by atoms with van der Waals surface area (Å²) in [6.45, 7) is 5.44. The summed E-state index contributed by atoms with van der Waals surface area (Å²) >= 11 is 0. The van der Waals surface area contributed by atoms with E-state index >= 15 is 0 Å². The molecule has 1 aromatic rings. The number of anilines is 1. The fourth-order valence-electron chi connectivity index (χ4n) is 2.31. The minimum Gasteiger partial charge on any atom is -0.452 e. The fraction of sp³-hybridized carbons (Fsp3) is 0.444. The van der Waals surface area contributed by atoms with Crippen molar-refractivity contribution >= 4 is 29.4 Å². The molecule has 0 unspecified atom stereocenters. The number of rotatable bonds is 6. The number of amides is 3.